The average Bonchev–Trinajstić information content (AvgIpc) is 2.54. The summed E-state index contributed by atoms with van der Waals surface area (Å²) in [6.45, 7) is 0. The molecule has 3 aromatic carbocycles. The summed E-state index contributed by atoms with van der Waals surface area (Å²) in [6.07, 6.45) is 0. The molecular formula is C18H14O3. The zero-order valence-electron chi connectivity index (χ0n) is 11.5. The molecule has 0 unspecified atom stereocenters. The SMILES string of the molecule is COc1ccc(-c2cccc(C(=O)O)c2)c2ccccc12. The molecule has 0 radical (unpaired) electrons. The third kappa shape index (κ3) is 2.34. The first-order valence-corrected chi connectivity index (χ1v) is 6.60. The summed E-state index contributed by atoms with van der Waals surface area (Å²) in [5, 5.41) is 11.2. The molecule has 0 bridgehead atoms. The highest BCUT2D eigenvalue weighted by atomic mass is 16.5. The van der Waals surface area contributed by atoms with Gasteiger partial charge in [0.05, 0.1) is 12.7 Å². The van der Waals surface area contributed by atoms with Gasteiger partial charge in [-0.25, -0.2) is 4.79 Å². The molecular weight excluding hydrogens is 264 g/mol. The van der Waals surface area contributed by atoms with Gasteiger partial charge in [0.1, 0.15) is 5.75 Å². The Kier molecular flexibility index (Phi) is 3.32. The van der Waals surface area contributed by atoms with E-state index in [0.717, 1.165) is 27.6 Å². The van der Waals surface area contributed by atoms with E-state index in [4.69, 9.17) is 9.84 Å². The van der Waals surface area contributed by atoms with E-state index >= 15 is 0 Å². The lowest BCUT2D eigenvalue weighted by Crippen LogP contribution is -1.96. The van der Waals surface area contributed by atoms with Gasteiger partial charge >= 0.3 is 5.97 Å². The lowest BCUT2D eigenvalue weighted by Gasteiger charge is -2.11. The number of aromatic carboxylic acids is 1. The first-order valence-electron chi connectivity index (χ1n) is 6.60. The van der Waals surface area contributed by atoms with Gasteiger partial charge < -0.3 is 9.84 Å². The highest BCUT2D eigenvalue weighted by Gasteiger charge is 2.10. The molecule has 0 saturated carbocycles. The minimum Gasteiger partial charge on any atom is -0.496 e. The van der Waals surface area contributed by atoms with Crippen LogP contribution in [-0.2, 0) is 0 Å². The molecule has 0 aliphatic heterocycles. The number of hydrogen-bond acceptors (Lipinski definition) is 2. The van der Waals surface area contributed by atoms with Crippen LogP contribution in [0.15, 0.2) is 60.7 Å². The molecule has 3 heteroatoms. The number of methoxy groups -OCH3 is 1. The van der Waals surface area contributed by atoms with Crippen LogP contribution in [0.1, 0.15) is 10.4 Å². The van der Waals surface area contributed by atoms with Crippen LogP contribution in [0.4, 0.5) is 0 Å². The molecule has 0 heterocycles. The number of fused-ring (bicyclic) bond motifs is 1. The molecule has 0 spiro atoms. The van der Waals surface area contributed by atoms with Crippen molar-refractivity contribution < 1.29 is 14.6 Å². The molecule has 0 aliphatic rings. The maximum atomic E-state index is 11.1. The van der Waals surface area contributed by atoms with E-state index in [1.807, 2.05) is 42.5 Å². The number of ether oxygens (including phenoxy) is 1. The van der Waals surface area contributed by atoms with Crippen LogP contribution in [0.2, 0.25) is 0 Å². The molecule has 3 nitrogen and oxygen atoms in total. The van der Waals surface area contributed by atoms with Gasteiger partial charge in [0.2, 0.25) is 0 Å². The van der Waals surface area contributed by atoms with E-state index in [1.54, 1.807) is 25.3 Å². The average molecular weight is 278 g/mol. The number of benzene rings is 3. The number of rotatable bonds is 3. The predicted octanol–water partition coefficient (Wildman–Crippen LogP) is 4.21. The summed E-state index contributed by atoms with van der Waals surface area (Å²) < 4.78 is 5.39. The first-order chi connectivity index (χ1) is 10.2. The molecule has 0 amide bonds. The fraction of sp³-hybridized carbons (Fsp3) is 0.0556. The second-order valence-corrected chi connectivity index (χ2v) is 4.75. The van der Waals surface area contributed by atoms with Crippen LogP contribution in [0.5, 0.6) is 5.75 Å². The zero-order chi connectivity index (χ0) is 14.8. The highest BCUT2D eigenvalue weighted by molar-refractivity contribution is 6.01. The van der Waals surface area contributed by atoms with Crippen molar-refractivity contribution in [3.8, 4) is 16.9 Å². The number of hydrogen-bond donors (Lipinski definition) is 1. The van der Waals surface area contributed by atoms with E-state index in [9.17, 15) is 4.79 Å². The molecule has 3 rings (SSSR count). The van der Waals surface area contributed by atoms with Crippen molar-refractivity contribution in [2.24, 2.45) is 0 Å². The van der Waals surface area contributed by atoms with E-state index in [1.165, 1.54) is 0 Å². The van der Waals surface area contributed by atoms with Crippen molar-refractivity contribution in [1.82, 2.24) is 0 Å². The number of carboxylic acid groups (broad SMARTS) is 1. The van der Waals surface area contributed by atoms with E-state index < -0.39 is 5.97 Å². The predicted molar refractivity (Wildman–Crippen MR) is 82.9 cm³/mol. The Bertz CT molecular complexity index is 822. The molecule has 0 saturated heterocycles. The van der Waals surface area contributed by atoms with Crippen LogP contribution >= 0.6 is 0 Å². The van der Waals surface area contributed by atoms with Crippen LogP contribution in [0.25, 0.3) is 21.9 Å². The Morgan fingerprint density at radius 1 is 0.952 bits per heavy atom. The molecule has 0 atom stereocenters. The summed E-state index contributed by atoms with van der Waals surface area (Å²) >= 11 is 0. The van der Waals surface area contributed by atoms with Crippen molar-refractivity contribution in [3.63, 3.8) is 0 Å². The number of carboxylic acids is 1. The molecule has 0 aliphatic carbocycles. The minimum atomic E-state index is -0.922. The zero-order valence-corrected chi connectivity index (χ0v) is 11.5. The van der Waals surface area contributed by atoms with Crippen LogP contribution in [-0.4, -0.2) is 18.2 Å². The van der Waals surface area contributed by atoms with Gasteiger partial charge in [-0.05, 0) is 34.7 Å². The second-order valence-electron chi connectivity index (χ2n) is 4.75. The largest absolute Gasteiger partial charge is 0.496 e. The van der Waals surface area contributed by atoms with Gasteiger partial charge in [-0.15, -0.1) is 0 Å². The Labute approximate surface area is 122 Å². The standard InChI is InChI=1S/C18H14O3/c1-21-17-10-9-14(15-7-2-3-8-16(15)17)12-5-4-6-13(11-12)18(19)20/h2-11H,1H3,(H,19,20). The van der Waals surface area contributed by atoms with Gasteiger partial charge in [-0.1, -0.05) is 42.5 Å². The fourth-order valence-corrected chi connectivity index (χ4v) is 2.52. The summed E-state index contributed by atoms with van der Waals surface area (Å²) in [4.78, 5) is 11.1. The third-order valence-corrected chi connectivity index (χ3v) is 3.52. The minimum absolute atomic E-state index is 0.285. The van der Waals surface area contributed by atoms with Crippen molar-refractivity contribution in [2.75, 3.05) is 7.11 Å². The summed E-state index contributed by atoms with van der Waals surface area (Å²) in [5.41, 5.74) is 2.16. The molecule has 21 heavy (non-hydrogen) atoms. The maximum absolute atomic E-state index is 11.1. The molecule has 104 valence electrons. The first kappa shape index (κ1) is 13.2. The van der Waals surface area contributed by atoms with E-state index in [2.05, 4.69) is 0 Å². The van der Waals surface area contributed by atoms with Gasteiger partial charge in [0.15, 0.2) is 0 Å². The van der Waals surface area contributed by atoms with Gasteiger partial charge in [-0.2, -0.15) is 0 Å². The lowest BCUT2D eigenvalue weighted by molar-refractivity contribution is 0.0697. The van der Waals surface area contributed by atoms with Crippen molar-refractivity contribution in [3.05, 3.63) is 66.2 Å². The van der Waals surface area contributed by atoms with Gasteiger partial charge in [0.25, 0.3) is 0 Å². The second kappa shape index (κ2) is 5.29. The summed E-state index contributed by atoms with van der Waals surface area (Å²) in [5.74, 6) is -0.113. The Hall–Kier alpha value is -2.81. The highest BCUT2D eigenvalue weighted by Crippen LogP contribution is 2.34. The molecule has 3 aromatic rings. The Balaban J connectivity index is 2.26. The summed E-state index contributed by atoms with van der Waals surface area (Å²) in [6, 6.07) is 18.8. The Morgan fingerprint density at radius 2 is 1.71 bits per heavy atom. The van der Waals surface area contributed by atoms with Crippen molar-refractivity contribution >= 4 is 16.7 Å². The topological polar surface area (TPSA) is 46.5 Å². The maximum Gasteiger partial charge on any atom is 0.335 e. The van der Waals surface area contributed by atoms with Crippen molar-refractivity contribution in [1.29, 1.82) is 0 Å². The van der Waals surface area contributed by atoms with Crippen LogP contribution < -0.4 is 4.74 Å². The van der Waals surface area contributed by atoms with Crippen LogP contribution in [0.3, 0.4) is 0 Å². The number of carbonyl (C=O) groups is 1. The third-order valence-electron chi connectivity index (χ3n) is 3.52. The summed E-state index contributed by atoms with van der Waals surface area (Å²) in [7, 11) is 1.65. The van der Waals surface area contributed by atoms with Gasteiger partial charge in [0, 0.05) is 5.39 Å². The van der Waals surface area contributed by atoms with E-state index in [0.29, 0.717) is 0 Å². The lowest BCUT2D eigenvalue weighted by atomic mass is 9.96. The van der Waals surface area contributed by atoms with E-state index in [-0.39, 0.29) is 5.56 Å². The molecule has 0 fully saturated rings. The van der Waals surface area contributed by atoms with Crippen LogP contribution in [0, 0.1) is 0 Å². The molecule has 0 aromatic heterocycles. The normalized spacial score (nSPS) is 10.5. The van der Waals surface area contributed by atoms with Crippen molar-refractivity contribution in [2.45, 2.75) is 0 Å². The quantitative estimate of drug-likeness (QED) is 0.780. The molecule has 1 N–H and O–H groups in total. The smallest absolute Gasteiger partial charge is 0.335 e. The fourth-order valence-electron chi connectivity index (χ4n) is 2.52. The monoisotopic (exact) mass is 278 g/mol. The Morgan fingerprint density at radius 3 is 2.43 bits per heavy atom. The van der Waals surface area contributed by atoms with Gasteiger partial charge in [-0.3, -0.25) is 0 Å².